The van der Waals surface area contributed by atoms with Gasteiger partial charge in [0.05, 0.1) is 22.1 Å². The maximum Gasteiger partial charge on any atom is 0.328 e. The standard InChI is InChI=1S/C13H14N2O4S2/c1-7(16)11(12(18)19)15-10(17)6-20-13-14-8-4-2-3-5-9(8)21-13/h2-5,7,11,16H,6H2,1H3,(H,15,17)(H,18,19). The minimum atomic E-state index is -1.30. The number of benzene rings is 1. The predicted octanol–water partition coefficient (Wildman–Crippen LogP) is 1.34. The molecule has 0 bridgehead atoms. The molecule has 21 heavy (non-hydrogen) atoms. The molecule has 3 N–H and O–H groups in total. The average molecular weight is 326 g/mol. The zero-order chi connectivity index (χ0) is 15.4. The molecule has 1 amide bonds. The number of para-hydroxylation sites is 1. The summed E-state index contributed by atoms with van der Waals surface area (Å²) < 4.78 is 1.78. The number of thioether (sulfide) groups is 1. The molecule has 0 fully saturated rings. The first kappa shape index (κ1) is 15.7. The minimum Gasteiger partial charge on any atom is -0.480 e. The number of fused-ring (bicyclic) bond motifs is 1. The number of aliphatic hydroxyl groups is 1. The lowest BCUT2D eigenvalue weighted by Gasteiger charge is -2.16. The molecule has 0 saturated carbocycles. The summed E-state index contributed by atoms with van der Waals surface area (Å²) in [5.74, 6) is -1.66. The van der Waals surface area contributed by atoms with Crippen LogP contribution in [0.3, 0.4) is 0 Å². The van der Waals surface area contributed by atoms with Crippen molar-refractivity contribution in [3.63, 3.8) is 0 Å². The molecule has 0 radical (unpaired) electrons. The molecule has 1 aromatic heterocycles. The molecule has 2 rings (SSSR count). The van der Waals surface area contributed by atoms with E-state index in [0.29, 0.717) is 0 Å². The Labute approximate surface area is 129 Å². The first-order valence-electron chi connectivity index (χ1n) is 6.16. The fraction of sp³-hybridized carbons (Fsp3) is 0.308. The van der Waals surface area contributed by atoms with Gasteiger partial charge in [-0.05, 0) is 19.1 Å². The van der Waals surface area contributed by atoms with Gasteiger partial charge in [-0.3, -0.25) is 4.79 Å². The van der Waals surface area contributed by atoms with E-state index in [2.05, 4.69) is 10.3 Å². The smallest absolute Gasteiger partial charge is 0.328 e. The van der Waals surface area contributed by atoms with Crippen LogP contribution in [0.15, 0.2) is 28.6 Å². The van der Waals surface area contributed by atoms with Crippen molar-refractivity contribution < 1.29 is 19.8 Å². The second kappa shape index (κ2) is 6.88. The molecule has 112 valence electrons. The van der Waals surface area contributed by atoms with Gasteiger partial charge in [0.1, 0.15) is 0 Å². The third-order valence-electron chi connectivity index (χ3n) is 2.67. The van der Waals surface area contributed by atoms with Crippen molar-refractivity contribution in [1.29, 1.82) is 0 Å². The number of thiazole rings is 1. The number of nitrogens with zero attached hydrogens (tertiary/aromatic N) is 1. The number of carbonyl (C=O) groups excluding carboxylic acids is 1. The van der Waals surface area contributed by atoms with Gasteiger partial charge in [0, 0.05) is 0 Å². The lowest BCUT2D eigenvalue weighted by molar-refractivity contribution is -0.144. The Morgan fingerprint density at radius 2 is 2.14 bits per heavy atom. The fourth-order valence-electron chi connectivity index (χ4n) is 1.64. The normalized spacial score (nSPS) is 13.8. The maximum absolute atomic E-state index is 11.7. The number of hydrogen-bond donors (Lipinski definition) is 3. The van der Waals surface area contributed by atoms with Gasteiger partial charge < -0.3 is 15.5 Å². The first-order valence-corrected chi connectivity index (χ1v) is 7.96. The van der Waals surface area contributed by atoms with Gasteiger partial charge in [-0.2, -0.15) is 0 Å². The van der Waals surface area contributed by atoms with E-state index in [0.717, 1.165) is 14.6 Å². The van der Waals surface area contributed by atoms with Crippen molar-refractivity contribution in [2.45, 2.75) is 23.4 Å². The summed E-state index contributed by atoms with van der Waals surface area (Å²) in [6.07, 6.45) is -1.15. The number of carboxylic acid groups (broad SMARTS) is 1. The SMILES string of the molecule is CC(O)C(NC(=O)CSc1nc2ccccc2s1)C(=O)O. The summed E-state index contributed by atoms with van der Waals surface area (Å²) in [5, 5.41) is 20.5. The number of carboxylic acids is 1. The van der Waals surface area contributed by atoms with E-state index in [1.54, 1.807) is 0 Å². The molecule has 2 atom stereocenters. The maximum atomic E-state index is 11.7. The summed E-state index contributed by atoms with van der Waals surface area (Å²) in [5.41, 5.74) is 0.873. The number of rotatable bonds is 6. The van der Waals surface area contributed by atoms with Gasteiger partial charge in [-0.15, -0.1) is 11.3 Å². The van der Waals surface area contributed by atoms with E-state index in [1.807, 2.05) is 24.3 Å². The Balaban J connectivity index is 1.93. The van der Waals surface area contributed by atoms with Gasteiger partial charge in [0.25, 0.3) is 0 Å². The quantitative estimate of drug-likeness (QED) is 0.693. The van der Waals surface area contributed by atoms with Crippen molar-refractivity contribution in [1.82, 2.24) is 10.3 Å². The van der Waals surface area contributed by atoms with Crippen molar-refractivity contribution in [3.8, 4) is 0 Å². The molecule has 0 spiro atoms. The lowest BCUT2D eigenvalue weighted by atomic mass is 10.2. The lowest BCUT2D eigenvalue weighted by Crippen LogP contribution is -2.48. The molecule has 2 aromatic rings. The number of carbonyl (C=O) groups is 2. The molecule has 0 aliphatic carbocycles. The van der Waals surface area contributed by atoms with Gasteiger partial charge in [0.2, 0.25) is 5.91 Å². The van der Waals surface area contributed by atoms with Crippen LogP contribution in [-0.4, -0.2) is 45.0 Å². The zero-order valence-electron chi connectivity index (χ0n) is 11.1. The van der Waals surface area contributed by atoms with Crippen LogP contribution in [0.1, 0.15) is 6.92 Å². The summed E-state index contributed by atoms with van der Waals surface area (Å²) in [4.78, 5) is 27.0. The Hall–Kier alpha value is -1.64. The van der Waals surface area contributed by atoms with E-state index in [4.69, 9.17) is 5.11 Å². The number of hydrogen-bond acceptors (Lipinski definition) is 6. The van der Waals surface area contributed by atoms with Crippen LogP contribution >= 0.6 is 23.1 Å². The van der Waals surface area contributed by atoms with Crippen LogP contribution in [0.5, 0.6) is 0 Å². The Morgan fingerprint density at radius 3 is 2.76 bits per heavy atom. The number of nitrogens with one attached hydrogen (secondary N) is 1. The van der Waals surface area contributed by atoms with Crippen LogP contribution in [0, 0.1) is 0 Å². The topological polar surface area (TPSA) is 99.5 Å². The van der Waals surface area contributed by atoms with Crippen LogP contribution in [-0.2, 0) is 9.59 Å². The number of aromatic nitrogens is 1. The number of aliphatic hydroxyl groups excluding tert-OH is 1. The number of aliphatic carboxylic acids is 1. The Bertz CT molecular complexity index is 623. The monoisotopic (exact) mass is 326 g/mol. The molecule has 2 unspecified atom stereocenters. The third kappa shape index (κ3) is 4.16. The molecule has 1 heterocycles. The van der Waals surface area contributed by atoms with Crippen LogP contribution in [0.25, 0.3) is 10.2 Å². The highest BCUT2D eigenvalue weighted by atomic mass is 32.2. The van der Waals surface area contributed by atoms with Crippen LogP contribution < -0.4 is 5.32 Å². The summed E-state index contributed by atoms with van der Waals surface area (Å²) in [7, 11) is 0. The molecule has 8 heteroatoms. The summed E-state index contributed by atoms with van der Waals surface area (Å²) in [6.45, 7) is 1.32. The molecule has 0 aliphatic heterocycles. The largest absolute Gasteiger partial charge is 0.480 e. The van der Waals surface area contributed by atoms with Crippen molar-refractivity contribution in [3.05, 3.63) is 24.3 Å². The number of amides is 1. The van der Waals surface area contributed by atoms with Crippen LogP contribution in [0.4, 0.5) is 0 Å². The van der Waals surface area contributed by atoms with Crippen molar-refractivity contribution >= 4 is 45.2 Å². The second-order valence-electron chi connectivity index (χ2n) is 4.36. The minimum absolute atomic E-state index is 0.0519. The Morgan fingerprint density at radius 1 is 1.43 bits per heavy atom. The van der Waals surface area contributed by atoms with E-state index >= 15 is 0 Å². The van der Waals surface area contributed by atoms with Gasteiger partial charge in [-0.25, -0.2) is 9.78 Å². The van der Waals surface area contributed by atoms with Crippen LogP contribution in [0.2, 0.25) is 0 Å². The highest BCUT2D eigenvalue weighted by molar-refractivity contribution is 8.01. The highest BCUT2D eigenvalue weighted by Gasteiger charge is 2.24. The molecule has 1 aromatic carbocycles. The molecule has 6 nitrogen and oxygen atoms in total. The predicted molar refractivity (Wildman–Crippen MR) is 81.6 cm³/mol. The molecular formula is C13H14N2O4S2. The molecule has 0 aliphatic rings. The summed E-state index contributed by atoms with van der Waals surface area (Å²) >= 11 is 2.72. The van der Waals surface area contributed by atoms with Gasteiger partial charge >= 0.3 is 5.97 Å². The second-order valence-corrected chi connectivity index (χ2v) is 6.61. The molecular weight excluding hydrogens is 312 g/mol. The highest BCUT2D eigenvalue weighted by Crippen LogP contribution is 2.28. The Kier molecular flexibility index (Phi) is 5.16. The van der Waals surface area contributed by atoms with Gasteiger partial charge in [-0.1, -0.05) is 23.9 Å². The van der Waals surface area contributed by atoms with E-state index in [9.17, 15) is 14.7 Å². The van der Waals surface area contributed by atoms with Crippen molar-refractivity contribution in [2.75, 3.05) is 5.75 Å². The van der Waals surface area contributed by atoms with E-state index in [-0.39, 0.29) is 5.75 Å². The van der Waals surface area contributed by atoms with E-state index in [1.165, 1.54) is 30.0 Å². The first-order chi connectivity index (χ1) is 9.97. The van der Waals surface area contributed by atoms with Crippen molar-refractivity contribution in [2.24, 2.45) is 0 Å². The summed E-state index contributed by atoms with van der Waals surface area (Å²) in [6, 6.07) is 6.36. The fourth-order valence-corrected chi connectivity index (χ4v) is 3.52. The third-order valence-corrected chi connectivity index (χ3v) is 4.85. The zero-order valence-corrected chi connectivity index (χ0v) is 12.8. The molecule has 0 saturated heterocycles. The van der Waals surface area contributed by atoms with E-state index < -0.39 is 24.0 Å². The average Bonchev–Trinajstić information content (AvgIpc) is 2.84. The van der Waals surface area contributed by atoms with Gasteiger partial charge in [0.15, 0.2) is 10.4 Å².